The molecule has 23 heavy (non-hydrogen) atoms. The van der Waals surface area contributed by atoms with E-state index in [9.17, 15) is 4.79 Å². The Hall–Kier alpha value is -2.29. The Bertz CT molecular complexity index is 677. The molecule has 2 aromatic rings. The SMILES string of the molecule is Cc1ccc(CNC(=O)COc2ccc3c(c2)CCCC3)cc1. The maximum atomic E-state index is 11.9. The molecule has 0 fully saturated rings. The van der Waals surface area contributed by atoms with Crippen LogP contribution in [-0.4, -0.2) is 12.5 Å². The number of benzene rings is 2. The van der Waals surface area contributed by atoms with Crippen LogP contribution < -0.4 is 10.1 Å². The van der Waals surface area contributed by atoms with Crippen molar-refractivity contribution in [3.8, 4) is 5.75 Å². The van der Waals surface area contributed by atoms with E-state index in [-0.39, 0.29) is 12.5 Å². The third-order valence-electron chi connectivity index (χ3n) is 4.30. The first-order valence-electron chi connectivity index (χ1n) is 8.27. The number of ether oxygens (including phenoxy) is 1. The molecule has 0 atom stereocenters. The monoisotopic (exact) mass is 309 g/mol. The number of aryl methyl sites for hydroxylation is 3. The second kappa shape index (κ2) is 7.32. The van der Waals surface area contributed by atoms with Gasteiger partial charge in [-0.25, -0.2) is 0 Å². The summed E-state index contributed by atoms with van der Waals surface area (Å²) in [6.45, 7) is 2.64. The minimum Gasteiger partial charge on any atom is -0.484 e. The normalized spacial score (nSPS) is 13.3. The predicted molar refractivity (Wildman–Crippen MR) is 91.6 cm³/mol. The first kappa shape index (κ1) is 15.6. The van der Waals surface area contributed by atoms with E-state index in [4.69, 9.17) is 4.74 Å². The van der Waals surface area contributed by atoms with Gasteiger partial charge in [0.05, 0.1) is 0 Å². The lowest BCUT2D eigenvalue weighted by molar-refractivity contribution is -0.123. The van der Waals surface area contributed by atoms with Crippen molar-refractivity contribution in [3.05, 3.63) is 64.7 Å². The topological polar surface area (TPSA) is 38.3 Å². The van der Waals surface area contributed by atoms with Crippen molar-refractivity contribution in [2.24, 2.45) is 0 Å². The highest BCUT2D eigenvalue weighted by Gasteiger charge is 2.10. The molecule has 1 amide bonds. The smallest absolute Gasteiger partial charge is 0.258 e. The fourth-order valence-corrected chi connectivity index (χ4v) is 2.91. The average Bonchev–Trinajstić information content (AvgIpc) is 2.59. The summed E-state index contributed by atoms with van der Waals surface area (Å²) in [6.07, 6.45) is 4.79. The lowest BCUT2D eigenvalue weighted by Crippen LogP contribution is -2.28. The minimum absolute atomic E-state index is 0.0602. The Morgan fingerprint density at radius 1 is 1.04 bits per heavy atom. The van der Waals surface area contributed by atoms with Gasteiger partial charge in [0, 0.05) is 6.54 Å². The van der Waals surface area contributed by atoms with Gasteiger partial charge >= 0.3 is 0 Å². The van der Waals surface area contributed by atoms with Crippen LogP contribution >= 0.6 is 0 Å². The number of hydrogen-bond donors (Lipinski definition) is 1. The summed E-state index contributed by atoms with van der Waals surface area (Å²) in [5.41, 5.74) is 5.11. The fourth-order valence-electron chi connectivity index (χ4n) is 2.91. The molecule has 0 radical (unpaired) electrons. The summed E-state index contributed by atoms with van der Waals surface area (Å²) in [7, 11) is 0. The largest absolute Gasteiger partial charge is 0.484 e. The summed E-state index contributed by atoms with van der Waals surface area (Å²) in [5, 5.41) is 2.89. The highest BCUT2D eigenvalue weighted by atomic mass is 16.5. The van der Waals surface area contributed by atoms with E-state index >= 15 is 0 Å². The second-order valence-corrected chi connectivity index (χ2v) is 6.19. The van der Waals surface area contributed by atoms with Gasteiger partial charge in [-0.1, -0.05) is 35.9 Å². The molecule has 3 heteroatoms. The van der Waals surface area contributed by atoms with E-state index < -0.39 is 0 Å². The molecule has 0 bridgehead atoms. The molecule has 0 heterocycles. The average molecular weight is 309 g/mol. The van der Waals surface area contributed by atoms with Gasteiger partial charge in [-0.05, 0) is 61.4 Å². The second-order valence-electron chi connectivity index (χ2n) is 6.19. The van der Waals surface area contributed by atoms with Crippen LogP contribution in [0, 0.1) is 6.92 Å². The molecule has 3 rings (SSSR count). The summed E-state index contributed by atoms with van der Waals surface area (Å²) in [5.74, 6) is 0.694. The van der Waals surface area contributed by atoms with Gasteiger partial charge in [0.15, 0.2) is 6.61 Å². The molecule has 0 saturated heterocycles. The van der Waals surface area contributed by atoms with Crippen molar-refractivity contribution in [1.29, 1.82) is 0 Å². The lowest BCUT2D eigenvalue weighted by Gasteiger charge is -2.16. The zero-order valence-corrected chi connectivity index (χ0v) is 13.6. The summed E-state index contributed by atoms with van der Waals surface area (Å²) >= 11 is 0. The zero-order chi connectivity index (χ0) is 16.1. The molecule has 3 nitrogen and oxygen atoms in total. The molecule has 0 spiro atoms. The molecule has 120 valence electrons. The molecule has 1 aliphatic carbocycles. The minimum atomic E-state index is -0.0942. The number of carbonyl (C=O) groups is 1. The van der Waals surface area contributed by atoms with Crippen LogP contribution in [0.1, 0.15) is 35.1 Å². The van der Waals surface area contributed by atoms with Crippen LogP contribution in [0.2, 0.25) is 0 Å². The number of rotatable bonds is 5. The van der Waals surface area contributed by atoms with Crippen LogP contribution in [0.25, 0.3) is 0 Å². The zero-order valence-electron chi connectivity index (χ0n) is 13.6. The Labute approximate surface area is 137 Å². The van der Waals surface area contributed by atoms with Crippen molar-refractivity contribution < 1.29 is 9.53 Å². The van der Waals surface area contributed by atoms with Crippen molar-refractivity contribution in [2.45, 2.75) is 39.2 Å². The van der Waals surface area contributed by atoms with Gasteiger partial charge in [-0.15, -0.1) is 0 Å². The van der Waals surface area contributed by atoms with E-state index in [0.717, 1.165) is 24.2 Å². The van der Waals surface area contributed by atoms with Crippen molar-refractivity contribution >= 4 is 5.91 Å². The fraction of sp³-hybridized carbons (Fsp3) is 0.350. The lowest BCUT2D eigenvalue weighted by atomic mass is 9.92. The molecule has 0 aliphatic heterocycles. The van der Waals surface area contributed by atoms with Gasteiger partial charge in [-0.2, -0.15) is 0 Å². The molecular weight excluding hydrogens is 286 g/mol. The maximum Gasteiger partial charge on any atom is 0.258 e. The molecule has 0 saturated carbocycles. The van der Waals surface area contributed by atoms with Gasteiger partial charge < -0.3 is 10.1 Å². The molecule has 1 aliphatic rings. The van der Waals surface area contributed by atoms with Crippen LogP contribution in [0.5, 0.6) is 5.75 Å². The Kier molecular flexibility index (Phi) is 4.96. The van der Waals surface area contributed by atoms with Crippen molar-refractivity contribution in [3.63, 3.8) is 0 Å². The Balaban J connectivity index is 1.48. The number of carbonyl (C=O) groups excluding carboxylic acids is 1. The van der Waals surface area contributed by atoms with E-state index in [1.165, 1.54) is 29.5 Å². The third kappa shape index (κ3) is 4.35. The summed E-state index contributed by atoms with van der Waals surface area (Å²) < 4.78 is 5.63. The van der Waals surface area contributed by atoms with E-state index in [2.05, 4.69) is 24.4 Å². The number of fused-ring (bicyclic) bond motifs is 1. The van der Waals surface area contributed by atoms with Gasteiger partial charge in [0.25, 0.3) is 5.91 Å². The van der Waals surface area contributed by atoms with E-state index in [0.29, 0.717) is 6.54 Å². The van der Waals surface area contributed by atoms with E-state index in [1.807, 2.05) is 30.3 Å². The van der Waals surface area contributed by atoms with Crippen molar-refractivity contribution in [1.82, 2.24) is 5.32 Å². The van der Waals surface area contributed by atoms with Gasteiger partial charge in [0.1, 0.15) is 5.75 Å². The molecule has 2 aromatic carbocycles. The van der Waals surface area contributed by atoms with E-state index in [1.54, 1.807) is 0 Å². The molecule has 0 aromatic heterocycles. The standard InChI is InChI=1S/C20H23NO2/c1-15-6-8-16(9-7-15)13-21-20(22)14-23-19-11-10-17-4-2-3-5-18(17)12-19/h6-12H,2-5,13-14H2,1H3,(H,21,22). The molecule has 1 N–H and O–H groups in total. The molecular formula is C20H23NO2. The first-order valence-corrected chi connectivity index (χ1v) is 8.27. The van der Waals surface area contributed by atoms with Gasteiger partial charge in [-0.3, -0.25) is 4.79 Å². The Morgan fingerprint density at radius 2 is 1.78 bits per heavy atom. The summed E-state index contributed by atoms with van der Waals surface area (Å²) in [6, 6.07) is 14.3. The van der Waals surface area contributed by atoms with Crippen LogP contribution in [0.15, 0.2) is 42.5 Å². The number of amides is 1. The highest BCUT2D eigenvalue weighted by molar-refractivity contribution is 5.77. The van der Waals surface area contributed by atoms with Gasteiger partial charge in [0.2, 0.25) is 0 Å². The van der Waals surface area contributed by atoms with Crippen LogP contribution in [0.4, 0.5) is 0 Å². The third-order valence-corrected chi connectivity index (χ3v) is 4.30. The van der Waals surface area contributed by atoms with Crippen LogP contribution in [-0.2, 0) is 24.2 Å². The number of hydrogen-bond acceptors (Lipinski definition) is 2. The molecule has 0 unspecified atom stereocenters. The predicted octanol–water partition coefficient (Wildman–Crippen LogP) is 3.57. The maximum absolute atomic E-state index is 11.9. The van der Waals surface area contributed by atoms with Crippen molar-refractivity contribution in [2.75, 3.05) is 6.61 Å². The Morgan fingerprint density at radius 3 is 2.57 bits per heavy atom. The first-order chi connectivity index (χ1) is 11.2. The highest BCUT2D eigenvalue weighted by Crippen LogP contribution is 2.25. The quantitative estimate of drug-likeness (QED) is 0.917. The summed E-state index contributed by atoms with van der Waals surface area (Å²) in [4.78, 5) is 11.9. The number of nitrogens with one attached hydrogen (secondary N) is 1. The van der Waals surface area contributed by atoms with Crippen LogP contribution in [0.3, 0.4) is 0 Å².